The molecule has 2 saturated carbocycles. The summed E-state index contributed by atoms with van der Waals surface area (Å²) in [5.41, 5.74) is 4.28. The van der Waals surface area contributed by atoms with Gasteiger partial charge in [-0.1, -0.05) is 30.7 Å². The van der Waals surface area contributed by atoms with Crippen LogP contribution >= 0.6 is 0 Å². The Morgan fingerprint density at radius 3 is 2.79 bits per heavy atom. The molecule has 2 aromatic rings. The summed E-state index contributed by atoms with van der Waals surface area (Å²) in [5, 5.41) is 5.92. The maximum Gasteiger partial charge on any atom is 0.294 e. The molecular formula is C22H25N3O3. The summed E-state index contributed by atoms with van der Waals surface area (Å²) >= 11 is 0. The minimum Gasteiger partial charge on any atom is -0.377 e. The minimum absolute atomic E-state index is 0.116. The zero-order chi connectivity index (χ0) is 19.1. The molecular weight excluding hydrogens is 354 g/mol. The standard InChI is InChI=1S/C22H25N3O3/c26-20(13-17-12-14-5-6-16(17)11-14)23-25-22(27)19-4-2-1-3-18(19)21(24-25)15-7-9-28-10-8-15/h1-4,7,14,16-17H,5-6,8-13H2,(H,23,26). The van der Waals surface area contributed by atoms with Crippen LogP contribution in [0.4, 0.5) is 0 Å². The quantitative estimate of drug-likeness (QED) is 0.886. The Hall–Kier alpha value is -2.47. The Morgan fingerprint density at radius 2 is 2.07 bits per heavy atom. The normalized spacial score (nSPS) is 26.4. The van der Waals surface area contributed by atoms with Gasteiger partial charge in [0.25, 0.3) is 5.56 Å². The molecule has 2 bridgehead atoms. The van der Waals surface area contributed by atoms with Crippen LogP contribution < -0.4 is 11.0 Å². The number of nitrogens with one attached hydrogen (secondary N) is 1. The van der Waals surface area contributed by atoms with E-state index in [4.69, 9.17) is 4.74 Å². The van der Waals surface area contributed by atoms with E-state index in [1.807, 2.05) is 24.3 Å². The number of fused-ring (bicyclic) bond motifs is 3. The predicted octanol–water partition coefficient (Wildman–Crippen LogP) is 3.10. The van der Waals surface area contributed by atoms with E-state index in [0.29, 0.717) is 36.9 Å². The predicted molar refractivity (Wildman–Crippen MR) is 107 cm³/mol. The summed E-state index contributed by atoms with van der Waals surface area (Å²) in [6, 6.07) is 7.45. The molecule has 5 rings (SSSR count). The van der Waals surface area contributed by atoms with Gasteiger partial charge in [0.2, 0.25) is 5.91 Å². The number of carbonyl (C=O) groups excluding carboxylic acids is 1. The maximum absolute atomic E-state index is 12.9. The van der Waals surface area contributed by atoms with Crippen molar-refractivity contribution in [3.8, 4) is 0 Å². The number of amides is 1. The molecule has 3 unspecified atom stereocenters. The molecule has 3 atom stereocenters. The second kappa shape index (κ2) is 7.17. The van der Waals surface area contributed by atoms with Crippen LogP contribution in [0.15, 0.2) is 35.1 Å². The molecule has 3 aliphatic rings. The van der Waals surface area contributed by atoms with Crippen molar-refractivity contribution in [3.63, 3.8) is 0 Å². The van der Waals surface area contributed by atoms with Gasteiger partial charge in [-0.05, 0) is 55.1 Å². The maximum atomic E-state index is 12.9. The first-order chi connectivity index (χ1) is 13.7. The highest BCUT2D eigenvalue weighted by Gasteiger charge is 2.40. The van der Waals surface area contributed by atoms with E-state index in [2.05, 4.69) is 10.5 Å². The van der Waals surface area contributed by atoms with Crippen LogP contribution in [0, 0.1) is 17.8 Å². The molecule has 146 valence electrons. The molecule has 2 heterocycles. The van der Waals surface area contributed by atoms with Crippen molar-refractivity contribution in [1.29, 1.82) is 0 Å². The smallest absolute Gasteiger partial charge is 0.294 e. The Morgan fingerprint density at radius 1 is 1.21 bits per heavy atom. The van der Waals surface area contributed by atoms with Crippen molar-refractivity contribution < 1.29 is 9.53 Å². The lowest BCUT2D eigenvalue weighted by atomic mass is 9.86. The molecule has 1 aromatic carbocycles. The number of ether oxygens (including phenoxy) is 1. The summed E-state index contributed by atoms with van der Waals surface area (Å²) in [6.45, 7) is 1.18. The molecule has 28 heavy (non-hydrogen) atoms. The highest BCUT2D eigenvalue weighted by Crippen LogP contribution is 2.49. The summed E-state index contributed by atoms with van der Waals surface area (Å²) in [4.78, 5) is 26.7. The fraction of sp³-hybridized carbons (Fsp3) is 0.500. The molecule has 2 aliphatic carbocycles. The average Bonchev–Trinajstić information content (AvgIpc) is 3.34. The average molecular weight is 379 g/mol. The van der Waals surface area contributed by atoms with Crippen LogP contribution in [0.1, 0.15) is 44.2 Å². The molecule has 6 heteroatoms. The summed E-state index contributed by atoms with van der Waals surface area (Å²) in [6.07, 6.45) is 8.21. The third-order valence-corrected chi connectivity index (χ3v) is 6.64. The van der Waals surface area contributed by atoms with Crippen molar-refractivity contribution in [2.24, 2.45) is 17.8 Å². The second-order valence-corrected chi connectivity index (χ2v) is 8.34. The van der Waals surface area contributed by atoms with Gasteiger partial charge in [-0.15, -0.1) is 9.89 Å². The third kappa shape index (κ3) is 3.15. The van der Waals surface area contributed by atoms with Gasteiger partial charge in [-0.25, -0.2) is 5.43 Å². The number of benzene rings is 1. The molecule has 6 nitrogen and oxygen atoms in total. The molecule has 0 radical (unpaired) electrons. The van der Waals surface area contributed by atoms with Gasteiger partial charge >= 0.3 is 0 Å². The first-order valence-corrected chi connectivity index (χ1v) is 10.3. The van der Waals surface area contributed by atoms with Crippen LogP contribution in [-0.4, -0.2) is 29.0 Å². The number of hydrogen-bond acceptors (Lipinski definition) is 4. The van der Waals surface area contributed by atoms with Crippen molar-refractivity contribution >= 4 is 22.3 Å². The molecule has 1 aromatic heterocycles. The fourth-order valence-corrected chi connectivity index (χ4v) is 5.27. The van der Waals surface area contributed by atoms with Gasteiger partial charge in [0.15, 0.2) is 0 Å². The van der Waals surface area contributed by atoms with Crippen LogP contribution in [0.3, 0.4) is 0 Å². The van der Waals surface area contributed by atoms with E-state index in [9.17, 15) is 9.59 Å². The van der Waals surface area contributed by atoms with Crippen LogP contribution in [0.5, 0.6) is 0 Å². The SMILES string of the molecule is O=C(CC1CC2CCC1C2)Nn1nc(C2=CCOCC2)c2ccccc2c1=O. The Bertz CT molecular complexity index is 1010. The lowest BCUT2D eigenvalue weighted by Gasteiger charge is -2.21. The van der Waals surface area contributed by atoms with E-state index in [1.54, 1.807) is 6.07 Å². The molecule has 1 amide bonds. The second-order valence-electron chi connectivity index (χ2n) is 8.34. The summed E-state index contributed by atoms with van der Waals surface area (Å²) in [7, 11) is 0. The van der Waals surface area contributed by atoms with Gasteiger partial charge in [0, 0.05) is 11.8 Å². The topological polar surface area (TPSA) is 73.2 Å². The number of aromatic nitrogens is 2. The Balaban J connectivity index is 1.45. The Labute approximate surface area is 163 Å². The summed E-state index contributed by atoms with van der Waals surface area (Å²) in [5.74, 6) is 1.82. The summed E-state index contributed by atoms with van der Waals surface area (Å²) < 4.78 is 5.41. The lowest BCUT2D eigenvalue weighted by molar-refractivity contribution is -0.118. The van der Waals surface area contributed by atoms with Crippen molar-refractivity contribution in [2.75, 3.05) is 18.6 Å². The van der Waals surface area contributed by atoms with E-state index in [0.717, 1.165) is 40.2 Å². The zero-order valence-corrected chi connectivity index (χ0v) is 15.9. The van der Waals surface area contributed by atoms with E-state index < -0.39 is 0 Å². The van der Waals surface area contributed by atoms with Crippen molar-refractivity contribution in [2.45, 2.75) is 38.5 Å². The number of carbonyl (C=O) groups is 1. The van der Waals surface area contributed by atoms with Crippen LogP contribution in [-0.2, 0) is 9.53 Å². The van der Waals surface area contributed by atoms with Crippen molar-refractivity contribution in [3.05, 3.63) is 46.4 Å². The number of nitrogens with zero attached hydrogens (tertiary/aromatic N) is 2. The van der Waals surface area contributed by atoms with Gasteiger partial charge in [0.1, 0.15) is 0 Å². The number of rotatable bonds is 4. The molecule has 0 spiro atoms. The molecule has 0 saturated heterocycles. The highest BCUT2D eigenvalue weighted by molar-refractivity contribution is 5.92. The van der Waals surface area contributed by atoms with E-state index >= 15 is 0 Å². The third-order valence-electron chi connectivity index (χ3n) is 6.64. The van der Waals surface area contributed by atoms with E-state index in [-0.39, 0.29) is 11.5 Å². The van der Waals surface area contributed by atoms with Gasteiger partial charge in [-0.3, -0.25) is 9.59 Å². The number of hydrogen-bond donors (Lipinski definition) is 1. The first kappa shape index (κ1) is 17.6. The minimum atomic E-state index is -0.284. The Kier molecular flexibility index (Phi) is 4.51. The van der Waals surface area contributed by atoms with Crippen LogP contribution in [0.25, 0.3) is 16.3 Å². The molecule has 1 N–H and O–H groups in total. The highest BCUT2D eigenvalue weighted by atomic mass is 16.5. The lowest BCUT2D eigenvalue weighted by Crippen LogP contribution is -2.37. The largest absolute Gasteiger partial charge is 0.377 e. The van der Waals surface area contributed by atoms with Gasteiger partial charge in [0.05, 0.1) is 24.3 Å². The monoisotopic (exact) mass is 379 g/mol. The fourth-order valence-electron chi connectivity index (χ4n) is 5.27. The molecule has 2 fully saturated rings. The van der Waals surface area contributed by atoms with Crippen molar-refractivity contribution in [1.82, 2.24) is 9.89 Å². The zero-order valence-electron chi connectivity index (χ0n) is 15.9. The molecule has 1 aliphatic heterocycles. The first-order valence-electron chi connectivity index (χ1n) is 10.3. The van der Waals surface area contributed by atoms with E-state index in [1.165, 1.54) is 19.3 Å². The van der Waals surface area contributed by atoms with Gasteiger partial charge in [-0.2, -0.15) is 0 Å². The van der Waals surface area contributed by atoms with Crippen LogP contribution in [0.2, 0.25) is 0 Å². The van der Waals surface area contributed by atoms with Gasteiger partial charge < -0.3 is 4.74 Å².